The summed E-state index contributed by atoms with van der Waals surface area (Å²) in [4.78, 5) is 0. The van der Waals surface area contributed by atoms with Crippen LogP contribution in [0.25, 0.3) is 0 Å². The maximum atomic E-state index is 12.9. The van der Waals surface area contributed by atoms with Gasteiger partial charge in [0.1, 0.15) is 11.7 Å². The van der Waals surface area contributed by atoms with E-state index in [0.29, 0.717) is 18.6 Å². The molecule has 1 nitrogen and oxygen atoms in total. The highest BCUT2D eigenvalue weighted by Gasteiger charge is 2.32. The molecule has 1 aliphatic carbocycles. The molecular formula is C7H6F3O. The van der Waals surface area contributed by atoms with Crippen LogP contribution in [0.15, 0.2) is 23.8 Å². The van der Waals surface area contributed by atoms with Gasteiger partial charge in [0, 0.05) is 19.3 Å². The highest BCUT2D eigenvalue weighted by molar-refractivity contribution is 5.32. The zero-order valence-electron chi connectivity index (χ0n) is 5.77. The van der Waals surface area contributed by atoms with Crippen LogP contribution in [0.1, 0.15) is 0 Å². The molecule has 0 N–H and O–H groups in total. The highest BCUT2D eigenvalue weighted by atomic mass is 19.2. The minimum Gasteiger partial charge on any atom is -0.345 e. The predicted octanol–water partition coefficient (Wildman–Crippen LogP) is 2.22. The third kappa shape index (κ3) is 1.83. The largest absolute Gasteiger partial charge is 0.345 e. The van der Waals surface area contributed by atoms with E-state index >= 15 is 0 Å². The molecule has 0 saturated carbocycles. The van der Waals surface area contributed by atoms with Crippen molar-refractivity contribution in [1.29, 1.82) is 0 Å². The third-order valence-electron chi connectivity index (χ3n) is 1.26. The fourth-order valence-corrected chi connectivity index (χ4v) is 0.751. The number of halogens is 3. The van der Waals surface area contributed by atoms with Gasteiger partial charge in [-0.2, -0.15) is 0 Å². The van der Waals surface area contributed by atoms with Gasteiger partial charge in [-0.05, 0) is 0 Å². The molecule has 0 amide bonds. The molecule has 0 aliphatic heterocycles. The number of rotatable bonds is 1. The normalized spacial score (nSPS) is 31.3. The van der Waals surface area contributed by atoms with Gasteiger partial charge in [-0.25, -0.2) is 13.2 Å². The number of hydrogen-bond acceptors (Lipinski definition) is 1. The molecule has 1 atom stereocenters. The van der Waals surface area contributed by atoms with Crippen molar-refractivity contribution >= 4 is 0 Å². The monoisotopic (exact) mass is 163 g/mol. The minimum absolute atomic E-state index is 0.552. The topological polar surface area (TPSA) is 9.23 Å². The standard InChI is InChI=1S/C7H6F3O/c1-11-7(10)3-5(8)2-6(9)4-7/h2-4H,1H3. The molecule has 4 heteroatoms. The maximum absolute atomic E-state index is 12.9. The summed E-state index contributed by atoms with van der Waals surface area (Å²) in [6.07, 6.45) is 1.68. The maximum Gasteiger partial charge on any atom is 0.241 e. The second kappa shape index (κ2) is 2.70. The first kappa shape index (κ1) is 8.33. The molecule has 0 heterocycles. The van der Waals surface area contributed by atoms with E-state index in [1.807, 2.05) is 0 Å². The quantitative estimate of drug-likeness (QED) is 0.575. The molecule has 1 aliphatic rings. The van der Waals surface area contributed by atoms with Crippen molar-refractivity contribution in [2.75, 3.05) is 7.11 Å². The average molecular weight is 163 g/mol. The summed E-state index contributed by atoms with van der Waals surface area (Å²) in [5, 5.41) is 0. The van der Waals surface area contributed by atoms with Crippen molar-refractivity contribution in [3.05, 3.63) is 30.2 Å². The SMILES string of the molecule is COC1(F)[CH]C(F)=CC(F)=C1. The number of alkyl halides is 1. The first-order chi connectivity index (χ1) is 5.06. The van der Waals surface area contributed by atoms with Crippen LogP contribution >= 0.6 is 0 Å². The van der Waals surface area contributed by atoms with E-state index in [4.69, 9.17) is 0 Å². The Morgan fingerprint density at radius 1 is 1.36 bits per heavy atom. The molecule has 0 saturated heterocycles. The number of ether oxygens (including phenoxy) is 1. The second-order valence-electron chi connectivity index (χ2n) is 2.10. The van der Waals surface area contributed by atoms with Crippen molar-refractivity contribution < 1.29 is 17.9 Å². The predicted molar refractivity (Wildman–Crippen MR) is 33.5 cm³/mol. The fraction of sp³-hybridized carbons (Fsp3) is 0.286. The Kier molecular flexibility index (Phi) is 2.04. The van der Waals surface area contributed by atoms with Crippen molar-refractivity contribution in [1.82, 2.24) is 0 Å². The van der Waals surface area contributed by atoms with Gasteiger partial charge in [-0.3, -0.25) is 0 Å². The average Bonchev–Trinajstić information content (AvgIpc) is 1.84. The molecule has 11 heavy (non-hydrogen) atoms. The first-order valence-corrected chi connectivity index (χ1v) is 2.91. The molecule has 61 valence electrons. The number of hydrogen-bond donors (Lipinski definition) is 0. The van der Waals surface area contributed by atoms with E-state index in [2.05, 4.69) is 4.74 Å². The van der Waals surface area contributed by atoms with Crippen LogP contribution in [0.2, 0.25) is 0 Å². The molecule has 0 aromatic heterocycles. The molecule has 0 aromatic carbocycles. The summed E-state index contributed by atoms with van der Waals surface area (Å²) >= 11 is 0. The second-order valence-corrected chi connectivity index (χ2v) is 2.10. The van der Waals surface area contributed by atoms with E-state index in [0.717, 1.165) is 7.11 Å². The minimum atomic E-state index is -2.44. The van der Waals surface area contributed by atoms with Gasteiger partial charge in [-0.15, -0.1) is 0 Å². The van der Waals surface area contributed by atoms with Gasteiger partial charge >= 0.3 is 0 Å². The molecule has 1 radical (unpaired) electrons. The number of methoxy groups -OCH3 is 1. The summed E-state index contributed by atoms with van der Waals surface area (Å²) < 4.78 is 41.8. The smallest absolute Gasteiger partial charge is 0.241 e. The Bertz CT molecular complexity index is 222. The lowest BCUT2D eigenvalue weighted by molar-refractivity contribution is -0.0526. The van der Waals surface area contributed by atoms with Crippen molar-refractivity contribution in [2.24, 2.45) is 0 Å². The van der Waals surface area contributed by atoms with Gasteiger partial charge in [0.2, 0.25) is 5.85 Å². The van der Waals surface area contributed by atoms with E-state index in [1.165, 1.54) is 0 Å². The Morgan fingerprint density at radius 2 is 2.00 bits per heavy atom. The summed E-state index contributed by atoms with van der Waals surface area (Å²) in [7, 11) is 1.03. The Morgan fingerprint density at radius 3 is 2.45 bits per heavy atom. The van der Waals surface area contributed by atoms with Gasteiger partial charge in [0.05, 0.1) is 6.42 Å². The Hall–Kier alpha value is -0.770. The van der Waals surface area contributed by atoms with Crippen LogP contribution in [0.3, 0.4) is 0 Å². The summed E-state index contributed by atoms with van der Waals surface area (Å²) in [5.74, 6) is -4.40. The highest BCUT2D eigenvalue weighted by Crippen LogP contribution is 2.30. The van der Waals surface area contributed by atoms with E-state index in [-0.39, 0.29) is 0 Å². The molecular weight excluding hydrogens is 157 g/mol. The van der Waals surface area contributed by atoms with Crippen molar-refractivity contribution in [2.45, 2.75) is 5.85 Å². The lowest BCUT2D eigenvalue weighted by Gasteiger charge is -2.20. The molecule has 0 fully saturated rings. The lowest BCUT2D eigenvalue weighted by atomic mass is 10.1. The summed E-state index contributed by atoms with van der Waals surface area (Å²) in [5.41, 5.74) is 0. The van der Waals surface area contributed by atoms with Crippen LogP contribution in [-0.4, -0.2) is 13.0 Å². The van der Waals surface area contributed by atoms with Crippen LogP contribution in [0, 0.1) is 6.42 Å². The third-order valence-corrected chi connectivity index (χ3v) is 1.26. The fourth-order valence-electron chi connectivity index (χ4n) is 0.751. The molecule has 0 aromatic rings. The Balaban J connectivity index is 2.86. The molecule has 0 spiro atoms. The lowest BCUT2D eigenvalue weighted by Crippen LogP contribution is -2.25. The first-order valence-electron chi connectivity index (χ1n) is 2.91. The van der Waals surface area contributed by atoms with Crippen LogP contribution in [0.4, 0.5) is 13.2 Å². The van der Waals surface area contributed by atoms with Crippen LogP contribution in [0.5, 0.6) is 0 Å². The summed E-state index contributed by atoms with van der Waals surface area (Å²) in [6, 6.07) is 0. The van der Waals surface area contributed by atoms with Crippen molar-refractivity contribution in [3.63, 3.8) is 0 Å². The zero-order valence-corrected chi connectivity index (χ0v) is 5.77. The molecule has 1 rings (SSSR count). The molecule has 0 bridgehead atoms. The number of allylic oxidation sites excluding steroid dienone is 2. The van der Waals surface area contributed by atoms with Gasteiger partial charge in [-0.1, -0.05) is 0 Å². The molecule has 1 unspecified atom stereocenters. The van der Waals surface area contributed by atoms with Gasteiger partial charge in [0.15, 0.2) is 0 Å². The van der Waals surface area contributed by atoms with E-state index in [9.17, 15) is 13.2 Å². The van der Waals surface area contributed by atoms with Crippen LogP contribution in [-0.2, 0) is 4.74 Å². The Labute approximate surface area is 62.2 Å². The van der Waals surface area contributed by atoms with Crippen LogP contribution < -0.4 is 0 Å². The zero-order chi connectivity index (χ0) is 8.48. The van der Waals surface area contributed by atoms with Gasteiger partial charge < -0.3 is 4.74 Å². The van der Waals surface area contributed by atoms with E-state index in [1.54, 1.807) is 0 Å². The van der Waals surface area contributed by atoms with Crippen molar-refractivity contribution in [3.8, 4) is 0 Å². The van der Waals surface area contributed by atoms with E-state index < -0.39 is 17.5 Å². The summed E-state index contributed by atoms with van der Waals surface area (Å²) in [6.45, 7) is 0. The van der Waals surface area contributed by atoms with Gasteiger partial charge in [0.25, 0.3) is 0 Å².